The van der Waals surface area contributed by atoms with E-state index in [4.69, 9.17) is 4.74 Å². The second-order valence-corrected chi connectivity index (χ2v) is 6.79. The molecular formula is C21H26N4O6. The number of para-hydroxylation sites is 2. The van der Waals surface area contributed by atoms with Gasteiger partial charge in [-0.2, -0.15) is 0 Å². The van der Waals surface area contributed by atoms with Crippen LogP contribution >= 0.6 is 0 Å². The average Bonchev–Trinajstić information content (AvgIpc) is 2.72. The van der Waals surface area contributed by atoms with E-state index in [2.05, 4.69) is 10.6 Å². The molecule has 2 aromatic carbocycles. The molecule has 0 spiro atoms. The first-order valence-electron chi connectivity index (χ1n) is 9.68. The molecule has 3 N–H and O–H groups in total. The van der Waals surface area contributed by atoms with E-state index in [0.717, 1.165) is 0 Å². The predicted molar refractivity (Wildman–Crippen MR) is 116 cm³/mol. The Morgan fingerprint density at radius 1 is 1.16 bits per heavy atom. The lowest BCUT2D eigenvalue weighted by molar-refractivity contribution is -0.385. The minimum atomic E-state index is -0.887. The molecule has 0 aliphatic carbocycles. The van der Waals surface area contributed by atoms with Crippen molar-refractivity contribution in [2.24, 2.45) is 0 Å². The van der Waals surface area contributed by atoms with E-state index in [1.807, 2.05) is 0 Å². The summed E-state index contributed by atoms with van der Waals surface area (Å²) in [5.41, 5.74) is 1.16. The van der Waals surface area contributed by atoms with Gasteiger partial charge < -0.3 is 25.4 Å². The Hall–Kier alpha value is -3.50. The van der Waals surface area contributed by atoms with E-state index >= 15 is 0 Å². The molecule has 1 atom stereocenters. The molecule has 2 rings (SSSR count). The van der Waals surface area contributed by atoms with Crippen molar-refractivity contribution in [2.75, 3.05) is 36.5 Å². The summed E-state index contributed by atoms with van der Waals surface area (Å²) in [6.07, 6.45) is -0.887. The highest BCUT2D eigenvalue weighted by atomic mass is 16.6. The van der Waals surface area contributed by atoms with Gasteiger partial charge >= 0.3 is 5.69 Å². The molecule has 166 valence electrons. The van der Waals surface area contributed by atoms with Crippen LogP contribution in [0.2, 0.25) is 0 Å². The fourth-order valence-corrected chi connectivity index (χ4v) is 2.83. The molecule has 0 bridgehead atoms. The molecule has 10 nitrogen and oxygen atoms in total. The van der Waals surface area contributed by atoms with Crippen molar-refractivity contribution in [1.82, 2.24) is 5.32 Å². The molecule has 0 saturated heterocycles. The van der Waals surface area contributed by atoms with E-state index in [1.54, 1.807) is 35.2 Å². The van der Waals surface area contributed by atoms with Crippen molar-refractivity contribution < 1.29 is 24.4 Å². The zero-order valence-electron chi connectivity index (χ0n) is 17.4. The van der Waals surface area contributed by atoms with E-state index in [9.17, 15) is 24.8 Å². The van der Waals surface area contributed by atoms with Crippen LogP contribution < -0.4 is 20.3 Å². The molecule has 0 fully saturated rings. The summed E-state index contributed by atoms with van der Waals surface area (Å²) in [6.45, 7) is 3.73. The molecule has 1 unspecified atom stereocenters. The lowest BCUT2D eigenvalue weighted by atomic mass is 10.2. The van der Waals surface area contributed by atoms with Gasteiger partial charge in [0.15, 0.2) is 5.75 Å². The number of amides is 2. The van der Waals surface area contributed by atoms with Crippen molar-refractivity contribution in [3.05, 3.63) is 58.6 Å². The quantitative estimate of drug-likeness (QED) is 0.282. The zero-order valence-corrected chi connectivity index (χ0v) is 17.4. The predicted octanol–water partition coefficient (Wildman–Crippen LogP) is 1.94. The van der Waals surface area contributed by atoms with Gasteiger partial charge in [0.25, 0.3) is 0 Å². The number of anilines is 2. The van der Waals surface area contributed by atoms with E-state index in [-0.39, 0.29) is 36.4 Å². The van der Waals surface area contributed by atoms with Gasteiger partial charge in [-0.1, -0.05) is 12.1 Å². The highest BCUT2D eigenvalue weighted by molar-refractivity contribution is 5.92. The topological polar surface area (TPSA) is 134 Å². The summed E-state index contributed by atoms with van der Waals surface area (Å²) in [6, 6.07) is 12.9. The molecule has 0 radical (unpaired) electrons. The van der Waals surface area contributed by atoms with Crippen LogP contribution in [0.5, 0.6) is 5.75 Å². The third-order valence-corrected chi connectivity index (χ3v) is 4.26. The highest BCUT2D eigenvalue weighted by Crippen LogP contribution is 2.25. The number of nitrogens with one attached hydrogen (secondary N) is 2. The van der Waals surface area contributed by atoms with Crippen molar-refractivity contribution in [3.63, 3.8) is 0 Å². The number of nitro groups is 1. The van der Waals surface area contributed by atoms with Crippen molar-refractivity contribution >= 4 is 28.9 Å². The molecule has 31 heavy (non-hydrogen) atoms. The summed E-state index contributed by atoms with van der Waals surface area (Å²) >= 11 is 0. The minimum Gasteiger partial charge on any atom is -0.484 e. The highest BCUT2D eigenvalue weighted by Gasteiger charge is 2.16. The molecule has 0 aromatic heterocycles. The smallest absolute Gasteiger partial charge is 0.310 e. The lowest BCUT2D eigenvalue weighted by Crippen LogP contribution is -2.39. The second kappa shape index (κ2) is 11.6. The Labute approximate surface area is 180 Å². The van der Waals surface area contributed by atoms with Crippen LogP contribution in [0.3, 0.4) is 0 Å². The van der Waals surface area contributed by atoms with Gasteiger partial charge in [0.1, 0.15) is 12.7 Å². The fraction of sp³-hybridized carbons (Fsp3) is 0.333. The fourth-order valence-electron chi connectivity index (χ4n) is 2.83. The maximum atomic E-state index is 12.0. The SMILES string of the molecule is CC(=O)Nc1ccc(N(CCNCC(O)COc2ccccc2[N+](=O)[O-])C(C)=O)cc1. The van der Waals surface area contributed by atoms with Crippen LogP contribution in [0.15, 0.2) is 48.5 Å². The van der Waals surface area contributed by atoms with Gasteiger partial charge in [-0.05, 0) is 30.3 Å². The normalized spacial score (nSPS) is 11.5. The number of rotatable bonds is 11. The first-order chi connectivity index (χ1) is 14.8. The van der Waals surface area contributed by atoms with Crippen LogP contribution in [0.25, 0.3) is 0 Å². The molecule has 10 heteroatoms. The lowest BCUT2D eigenvalue weighted by Gasteiger charge is -2.22. The number of nitrogens with zero attached hydrogens (tertiary/aromatic N) is 2. The summed E-state index contributed by atoms with van der Waals surface area (Å²) in [4.78, 5) is 35.1. The number of ether oxygens (including phenoxy) is 1. The number of aliphatic hydroxyl groups is 1. The van der Waals surface area contributed by atoms with Crippen LogP contribution in [-0.4, -0.2) is 54.2 Å². The van der Waals surface area contributed by atoms with Gasteiger partial charge in [0.05, 0.1) is 4.92 Å². The monoisotopic (exact) mass is 430 g/mol. The van der Waals surface area contributed by atoms with Crippen molar-refractivity contribution in [2.45, 2.75) is 20.0 Å². The number of nitro benzene ring substituents is 1. The molecule has 0 aliphatic heterocycles. The molecule has 2 amide bonds. The van der Waals surface area contributed by atoms with E-state index in [0.29, 0.717) is 24.5 Å². The Morgan fingerprint density at radius 2 is 1.84 bits per heavy atom. The molecule has 2 aromatic rings. The maximum absolute atomic E-state index is 12.0. The molecule has 0 heterocycles. The van der Waals surface area contributed by atoms with E-state index < -0.39 is 11.0 Å². The number of hydrogen-bond acceptors (Lipinski definition) is 7. The third-order valence-electron chi connectivity index (χ3n) is 4.26. The van der Waals surface area contributed by atoms with Crippen molar-refractivity contribution in [1.29, 1.82) is 0 Å². The Kier molecular flexibility index (Phi) is 8.92. The summed E-state index contributed by atoms with van der Waals surface area (Å²) < 4.78 is 5.36. The average molecular weight is 430 g/mol. The number of aliphatic hydroxyl groups excluding tert-OH is 1. The van der Waals surface area contributed by atoms with Gasteiger partial charge in [-0.15, -0.1) is 0 Å². The van der Waals surface area contributed by atoms with Gasteiger partial charge in [0.2, 0.25) is 11.8 Å². The van der Waals surface area contributed by atoms with Gasteiger partial charge in [-0.25, -0.2) is 0 Å². The van der Waals surface area contributed by atoms with Crippen LogP contribution in [0, 0.1) is 10.1 Å². The number of benzene rings is 2. The first kappa shape index (κ1) is 23.8. The number of carbonyl (C=O) groups excluding carboxylic acids is 2. The van der Waals surface area contributed by atoms with Crippen molar-refractivity contribution in [3.8, 4) is 5.75 Å². The van der Waals surface area contributed by atoms with Crippen LogP contribution in [-0.2, 0) is 9.59 Å². The Bertz CT molecular complexity index is 903. The third kappa shape index (κ3) is 7.68. The Balaban J connectivity index is 1.79. The molecular weight excluding hydrogens is 404 g/mol. The zero-order chi connectivity index (χ0) is 22.8. The maximum Gasteiger partial charge on any atom is 0.310 e. The molecule has 0 aliphatic rings. The summed E-state index contributed by atoms with van der Waals surface area (Å²) in [7, 11) is 0. The van der Waals surface area contributed by atoms with Crippen LogP contribution in [0.4, 0.5) is 17.1 Å². The number of hydrogen-bond donors (Lipinski definition) is 3. The standard InChI is InChI=1S/C21H26N4O6/c1-15(26)23-17-7-9-18(10-8-17)24(16(2)27)12-11-22-13-19(28)14-31-21-6-4-3-5-20(21)25(29)30/h3-10,19,22,28H,11-14H2,1-2H3,(H,23,26). The Morgan fingerprint density at radius 3 is 2.45 bits per heavy atom. The van der Waals surface area contributed by atoms with E-state index in [1.165, 1.54) is 32.0 Å². The minimum absolute atomic E-state index is 0.0945. The van der Waals surface area contributed by atoms with Gasteiger partial charge in [-0.3, -0.25) is 19.7 Å². The molecule has 0 saturated carbocycles. The largest absolute Gasteiger partial charge is 0.484 e. The van der Waals surface area contributed by atoms with Gasteiger partial charge in [0, 0.05) is 50.9 Å². The van der Waals surface area contributed by atoms with Crippen LogP contribution in [0.1, 0.15) is 13.8 Å². The second-order valence-electron chi connectivity index (χ2n) is 6.79. The summed E-state index contributed by atoms with van der Waals surface area (Å²) in [5, 5.41) is 26.7. The summed E-state index contributed by atoms with van der Waals surface area (Å²) in [5.74, 6) is -0.226. The first-order valence-corrected chi connectivity index (χ1v) is 9.68. The number of carbonyl (C=O) groups is 2.